The van der Waals surface area contributed by atoms with Crippen LogP contribution in [0.3, 0.4) is 0 Å². The Bertz CT molecular complexity index is 748. The molecule has 0 spiro atoms. The molecular weight excluding hydrogens is 306 g/mol. The van der Waals surface area contributed by atoms with Crippen molar-refractivity contribution in [1.29, 1.82) is 0 Å². The lowest BCUT2D eigenvalue weighted by molar-refractivity contribution is -0.122. The van der Waals surface area contributed by atoms with E-state index in [1.807, 2.05) is 42.5 Å². The van der Waals surface area contributed by atoms with Gasteiger partial charge in [0.2, 0.25) is 11.8 Å². The molecule has 1 heterocycles. The minimum Gasteiger partial charge on any atom is -0.481 e. The second kappa shape index (κ2) is 6.72. The van der Waals surface area contributed by atoms with Crippen molar-refractivity contribution in [2.24, 2.45) is 5.73 Å². The van der Waals surface area contributed by atoms with E-state index in [-0.39, 0.29) is 5.91 Å². The summed E-state index contributed by atoms with van der Waals surface area (Å²) in [5.74, 6) is -0.228. The molecule has 0 bridgehead atoms. The summed E-state index contributed by atoms with van der Waals surface area (Å²) in [6, 6.07) is 15.2. The molecule has 1 aliphatic rings. The molecule has 0 saturated carbocycles. The highest BCUT2D eigenvalue weighted by Crippen LogP contribution is 2.34. The maximum absolute atomic E-state index is 12.7. The maximum atomic E-state index is 12.7. The molecule has 0 saturated heterocycles. The highest BCUT2D eigenvalue weighted by Gasteiger charge is 2.36. The van der Waals surface area contributed by atoms with Crippen LogP contribution in [-0.4, -0.2) is 23.9 Å². The van der Waals surface area contributed by atoms with Gasteiger partial charge in [-0.1, -0.05) is 42.5 Å². The van der Waals surface area contributed by atoms with Crippen LogP contribution in [0.25, 0.3) is 0 Å². The molecule has 0 aromatic heterocycles. The van der Waals surface area contributed by atoms with E-state index >= 15 is 0 Å². The summed E-state index contributed by atoms with van der Waals surface area (Å²) in [6.45, 7) is 1.62. The zero-order valence-electron chi connectivity index (χ0n) is 13.2. The van der Waals surface area contributed by atoms with Gasteiger partial charge in [-0.15, -0.1) is 0 Å². The van der Waals surface area contributed by atoms with Gasteiger partial charge < -0.3 is 15.8 Å². The Balaban J connectivity index is 2.00. The number of primary amides is 1. The van der Waals surface area contributed by atoms with Gasteiger partial charge in [0.05, 0.1) is 11.7 Å². The number of para-hydroxylation sites is 2. The van der Waals surface area contributed by atoms with Crippen LogP contribution >= 0.6 is 0 Å². The van der Waals surface area contributed by atoms with Crippen molar-refractivity contribution in [3.63, 3.8) is 0 Å². The zero-order chi connectivity index (χ0) is 17.1. The minimum atomic E-state index is -0.762. The van der Waals surface area contributed by atoms with Crippen molar-refractivity contribution in [3.05, 3.63) is 60.2 Å². The highest BCUT2D eigenvalue weighted by molar-refractivity contribution is 5.98. The molecule has 0 unspecified atom stereocenters. The van der Waals surface area contributed by atoms with E-state index in [4.69, 9.17) is 10.5 Å². The van der Waals surface area contributed by atoms with Crippen LogP contribution < -0.4 is 21.1 Å². The molecule has 6 heteroatoms. The van der Waals surface area contributed by atoms with Gasteiger partial charge in [-0.2, -0.15) is 0 Å². The van der Waals surface area contributed by atoms with Crippen LogP contribution in [0.2, 0.25) is 0 Å². The lowest BCUT2D eigenvalue weighted by atomic mass is 10.0. The second-order valence-electron chi connectivity index (χ2n) is 5.70. The molecule has 2 aromatic rings. The number of benzene rings is 2. The maximum Gasteiger partial charge on any atom is 0.245 e. The molecular formula is C18H19N3O3. The molecule has 2 amide bonds. The average molecular weight is 325 g/mol. The van der Waals surface area contributed by atoms with Crippen molar-refractivity contribution in [3.8, 4) is 5.75 Å². The number of hydrogen-bond acceptors (Lipinski definition) is 4. The van der Waals surface area contributed by atoms with Crippen molar-refractivity contribution < 1.29 is 14.3 Å². The molecule has 0 fully saturated rings. The molecule has 1 aliphatic heterocycles. The summed E-state index contributed by atoms with van der Waals surface area (Å²) < 4.78 is 6.11. The van der Waals surface area contributed by atoms with Crippen LogP contribution in [0.15, 0.2) is 54.6 Å². The van der Waals surface area contributed by atoms with Gasteiger partial charge in [0.25, 0.3) is 0 Å². The summed E-state index contributed by atoms with van der Waals surface area (Å²) >= 11 is 0. The van der Waals surface area contributed by atoms with Crippen LogP contribution in [0.5, 0.6) is 5.75 Å². The Morgan fingerprint density at radius 3 is 2.54 bits per heavy atom. The van der Waals surface area contributed by atoms with E-state index in [1.165, 1.54) is 0 Å². The number of anilines is 1. The number of hydrogen-bond donors (Lipinski definition) is 3. The standard InChI is InChI=1S/C18H19N3O3/c1-11(17(19)22)20-15-16(12-7-3-2-4-8-12)24-14-10-6-5-9-13(14)21-18(15)23/h2-11,15-16,20H,1H3,(H2,19,22)(H,21,23)/t11-,15-,16+/m0/s1. The molecule has 24 heavy (non-hydrogen) atoms. The van der Waals surface area contributed by atoms with E-state index in [0.717, 1.165) is 5.56 Å². The first-order chi connectivity index (χ1) is 11.6. The van der Waals surface area contributed by atoms with Crippen molar-refractivity contribution in [2.45, 2.75) is 25.1 Å². The van der Waals surface area contributed by atoms with Crippen LogP contribution in [0.1, 0.15) is 18.6 Å². The fraction of sp³-hybridized carbons (Fsp3) is 0.222. The Morgan fingerprint density at radius 1 is 1.17 bits per heavy atom. The zero-order valence-corrected chi connectivity index (χ0v) is 13.2. The van der Waals surface area contributed by atoms with Gasteiger partial charge in [0.1, 0.15) is 17.9 Å². The third-order valence-electron chi connectivity index (χ3n) is 3.97. The monoisotopic (exact) mass is 325 g/mol. The van der Waals surface area contributed by atoms with E-state index in [2.05, 4.69) is 10.6 Å². The van der Waals surface area contributed by atoms with Crippen LogP contribution in [0, 0.1) is 0 Å². The summed E-state index contributed by atoms with van der Waals surface area (Å²) in [5, 5.41) is 5.82. The number of carbonyl (C=O) groups excluding carboxylic acids is 2. The quantitative estimate of drug-likeness (QED) is 0.796. The predicted octanol–water partition coefficient (Wildman–Crippen LogP) is 1.59. The Labute approximate surface area is 140 Å². The van der Waals surface area contributed by atoms with Crippen molar-refractivity contribution in [2.75, 3.05) is 5.32 Å². The third kappa shape index (κ3) is 3.23. The number of amides is 2. The topological polar surface area (TPSA) is 93.4 Å². The van der Waals surface area contributed by atoms with E-state index in [9.17, 15) is 9.59 Å². The number of nitrogens with one attached hydrogen (secondary N) is 2. The number of rotatable bonds is 4. The molecule has 0 radical (unpaired) electrons. The number of nitrogens with two attached hydrogens (primary N) is 1. The highest BCUT2D eigenvalue weighted by atomic mass is 16.5. The molecule has 4 N–H and O–H groups in total. The van der Waals surface area contributed by atoms with Gasteiger partial charge >= 0.3 is 0 Å². The summed E-state index contributed by atoms with van der Waals surface area (Å²) in [4.78, 5) is 24.1. The second-order valence-corrected chi connectivity index (χ2v) is 5.70. The first kappa shape index (κ1) is 16.0. The molecule has 6 nitrogen and oxygen atoms in total. The molecule has 3 rings (SSSR count). The Hall–Kier alpha value is -2.86. The number of ether oxygens (including phenoxy) is 1. The molecule has 124 valence electrons. The first-order valence-electron chi connectivity index (χ1n) is 7.73. The largest absolute Gasteiger partial charge is 0.481 e. The van der Waals surface area contributed by atoms with Crippen LogP contribution in [-0.2, 0) is 9.59 Å². The SMILES string of the molecule is C[C@H](N[C@@H]1C(=O)Nc2ccccc2O[C@@H]1c1ccccc1)C(N)=O. The number of fused-ring (bicyclic) bond motifs is 1. The lowest BCUT2D eigenvalue weighted by Crippen LogP contribution is -2.52. The van der Waals surface area contributed by atoms with Crippen molar-refractivity contribution >= 4 is 17.5 Å². The average Bonchev–Trinajstić information content (AvgIpc) is 2.72. The summed E-state index contributed by atoms with van der Waals surface area (Å²) in [7, 11) is 0. The summed E-state index contributed by atoms with van der Waals surface area (Å²) in [5.41, 5.74) is 6.76. The fourth-order valence-corrected chi connectivity index (χ4v) is 2.64. The third-order valence-corrected chi connectivity index (χ3v) is 3.97. The van der Waals surface area contributed by atoms with Crippen molar-refractivity contribution in [1.82, 2.24) is 5.32 Å². The van der Waals surface area contributed by atoms with E-state index in [1.54, 1.807) is 19.1 Å². The molecule has 2 aromatic carbocycles. The smallest absolute Gasteiger partial charge is 0.245 e. The fourth-order valence-electron chi connectivity index (χ4n) is 2.64. The summed E-state index contributed by atoms with van der Waals surface area (Å²) in [6.07, 6.45) is -0.586. The van der Waals surface area contributed by atoms with E-state index in [0.29, 0.717) is 11.4 Å². The molecule has 3 atom stereocenters. The normalized spacial score (nSPS) is 21.0. The van der Waals surface area contributed by atoms with Crippen LogP contribution in [0.4, 0.5) is 5.69 Å². The number of carbonyl (C=O) groups is 2. The molecule has 0 aliphatic carbocycles. The van der Waals surface area contributed by atoms with Gasteiger partial charge in [-0.25, -0.2) is 0 Å². The predicted molar refractivity (Wildman–Crippen MR) is 90.5 cm³/mol. The Morgan fingerprint density at radius 2 is 1.83 bits per heavy atom. The Kier molecular flexibility index (Phi) is 4.48. The van der Waals surface area contributed by atoms with Gasteiger partial charge in [0.15, 0.2) is 0 Å². The van der Waals surface area contributed by atoms with E-state index < -0.39 is 24.1 Å². The van der Waals surface area contributed by atoms with Gasteiger partial charge in [0, 0.05) is 0 Å². The minimum absolute atomic E-state index is 0.276. The first-order valence-corrected chi connectivity index (χ1v) is 7.73. The van der Waals surface area contributed by atoms with Gasteiger partial charge in [-0.05, 0) is 24.6 Å². The lowest BCUT2D eigenvalue weighted by Gasteiger charge is -2.27. The van der Waals surface area contributed by atoms with Gasteiger partial charge in [-0.3, -0.25) is 14.9 Å².